The van der Waals surface area contributed by atoms with Crippen LogP contribution in [0.25, 0.3) is 0 Å². The van der Waals surface area contributed by atoms with E-state index in [2.05, 4.69) is 10.6 Å². The fraction of sp³-hybridized carbons (Fsp3) is 0.333. The normalized spacial score (nSPS) is 28.4. The molecule has 1 saturated carbocycles. The lowest BCUT2D eigenvalue weighted by Crippen LogP contribution is -2.49. The zero-order valence-corrected chi connectivity index (χ0v) is 26.1. The summed E-state index contributed by atoms with van der Waals surface area (Å²) < 4.78 is 89.0. The number of fused-ring (bicyclic) bond motifs is 4. The summed E-state index contributed by atoms with van der Waals surface area (Å²) in [6.07, 6.45) is 2.05. The smallest absolute Gasteiger partial charge is 0.345 e. The van der Waals surface area contributed by atoms with E-state index in [4.69, 9.17) is 0 Å². The van der Waals surface area contributed by atoms with Crippen LogP contribution in [-0.2, 0) is 9.59 Å². The molecule has 2 aliphatic carbocycles. The van der Waals surface area contributed by atoms with Crippen LogP contribution in [0.3, 0.4) is 0 Å². The number of carbonyl (C=O) groups is 2. The molecule has 2 N–H and O–H groups in total. The number of amides is 2. The van der Waals surface area contributed by atoms with Crippen molar-refractivity contribution in [2.75, 3.05) is 0 Å². The fourth-order valence-electron chi connectivity index (χ4n) is 6.32. The van der Waals surface area contributed by atoms with Gasteiger partial charge in [0.15, 0.2) is 0 Å². The van der Waals surface area contributed by atoms with E-state index in [1.807, 2.05) is 0 Å². The van der Waals surface area contributed by atoms with Crippen LogP contribution in [0, 0.1) is 0 Å². The summed E-state index contributed by atoms with van der Waals surface area (Å²) in [5.41, 5.74) is -2.42. The summed E-state index contributed by atoms with van der Waals surface area (Å²) in [6, 6.07) is 16.8. The van der Waals surface area contributed by atoms with Gasteiger partial charge in [-0.1, -0.05) is 60.7 Å². The average Bonchev–Trinajstić information content (AvgIpc) is 3.58. The fourth-order valence-corrected chi connectivity index (χ4v) is 9.26. The number of carbonyl (C=O) groups excluding carboxylic acids is 2. The molecule has 2 heterocycles. The number of nitrogens with one attached hydrogen (secondary N) is 2. The van der Waals surface area contributed by atoms with Crippen molar-refractivity contribution in [2.45, 2.75) is 67.0 Å². The minimum Gasteiger partial charge on any atom is -0.345 e. The Bertz CT molecular complexity index is 1610. The molecule has 1 fully saturated rings. The van der Waals surface area contributed by atoms with Crippen molar-refractivity contribution in [3.63, 3.8) is 0 Å². The van der Waals surface area contributed by atoms with E-state index in [-0.39, 0.29) is 9.81 Å². The number of benzene rings is 2. The van der Waals surface area contributed by atoms with Gasteiger partial charge in [-0.25, -0.2) is 0 Å². The third kappa shape index (κ3) is 4.38. The SMILES string of the molecule is C[C@@H](NC(=O)C1=CC2=C3C(=C4C=C(C(=O)N[C@H](C)c5ccccc5)S[C@@]4(C)[C@]2(C)S1)C(F)(F)C(F)(F)C3(F)F)c1ccccc1. The Morgan fingerprint density at radius 1 is 0.622 bits per heavy atom. The van der Waals surface area contributed by atoms with Gasteiger partial charge in [-0.3, -0.25) is 9.59 Å². The first kappa shape index (κ1) is 31.6. The highest BCUT2D eigenvalue weighted by Crippen LogP contribution is 2.74. The Labute approximate surface area is 264 Å². The maximum Gasteiger partial charge on any atom is 0.380 e. The standard InChI is InChI=1S/C33H28F6N2O2S2/c1-17(19-11-7-5-8-12-19)40-27(42)23-15-21-25-26(32(36,37)33(38,39)31(25,34)35)22-16-24(45-30(22,4)29(21,3)44-23)28(43)41-18(2)20-13-9-6-10-14-20/h5-18H,1-4H3,(H,40,42)(H,41,43)/t17-,18-,29-,30-/m1/s1. The second-order valence-electron chi connectivity index (χ2n) is 11.8. The predicted molar refractivity (Wildman–Crippen MR) is 163 cm³/mol. The molecule has 0 radical (unpaired) electrons. The molecule has 0 bridgehead atoms. The number of hydrogen-bond acceptors (Lipinski definition) is 4. The quantitative estimate of drug-likeness (QED) is 0.308. The zero-order valence-electron chi connectivity index (χ0n) is 24.5. The van der Waals surface area contributed by atoms with Crippen LogP contribution >= 0.6 is 23.5 Å². The Kier molecular flexibility index (Phi) is 7.24. The van der Waals surface area contributed by atoms with Gasteiger partial charge in [0.05, 0.1) is 31.4 Å². The highest BCUT2D eigenvalue weighted by molar-refractivity contribution is 8.10. The van der Waals surface area contributed by atoms with Gasteiger partial charge in [0.1, 0.15) is 0 Å². The molecule has 4 atom stereocenters. The Balaban J connectivity index is 1.44. The van der Waals surface area contributed by atoms with E-state index in [1.54, 1.807) is 74.5 Å². The van der Waals surface area contributed by atoms with Crippen LogP contribution in [-0.4, -0.2) is 39.1 Å². The highest BCUT2D eigenvalue weighted by atomic mass is 32.2. The second kappa shape index (κ2) is 10.3. The lowest BCUT2D eigenvalue weighted by atomic mass is 9.71. The summed E-state index contributed by atoms with van der Waals surface area (Å²) in [5.74, 6) is -17.6. The summed E-state index contributed by atoms with van der Waals surface area (Å²) >= 11 is 1.68. The molecule has 236 valence electrons. The number of allylic oxidation sites excluding steroid dienone is 4. The lowest BCUT2D eigenvalue weighted by molar-refractivity contribution is -0.258. The third-order valence-electron chi connectivity index (χ3n) is 9.06. The van der Waals surface area contributed by atoms with Crippen molar-refractivity contribution in [3.05, 3.63) is 116 Å². The van der Waals surface area contributed by atoms with Gasteiger partial charge in [0.2, 0.25) is 0 Å². The number of hydrogen-bond donors (Lipinski definition) is 2. The van der Waals surface area contributed by atoms with E-state index in [0.29, 0.717) is 0 Å². The molecule has 0 aromatic heterocycles. The first-order valence-corrected chi connectivity index (χ1v) is 15.8. The van der Waals surface area contributed by atoms with Gasteiger partial charge >= 0.3 is 17.8 Å². The minimum atomic E-state index is -5.74. The van der Waals surface area contributed by atoms with Gasteiger partial charge in [-0.2, -0.15) is 26.3 Å². The van der Waals surface area contributed by atoms with Crippen LogP contribution in [0.15, 0.2) is 105 Å². The van der Waals surface area contributed by atoms with Gasteiger partial charge in [-0.15, -0.1) is 23.5 Å². The van der Waals surface area contributed by atoms with E-state index >= 15 is 26.3 Å². The number of halogens is 6. The van der Waals surface area contributed by atoms with Crippen LogP contribution in [0.5, 0.6) is 0 Å². The van der Waals surface area contributed by atoms with Gasteiger partial charge in [0, 0.05) is 11.1 Å². The van der Waals surface area contributed by atoms with Crippen molar-refractivity contribution in [1.82, 2.24) is 10.6 Å². The monoisotopic (exact) mass is 662 g/mol. The third-order valence-corrected chi connectivity index (χ3v) is 12.3. The van der Waals surface area contributed by atoms with Crippen LogP contribution < -0.4 is 10.6 Å². The highest BCUT2D eigenvalue weighted by Gasteiger charge is 2.84. The van der Waals surface area contributed by atoms with Gasteiger partial charge < -0.3 is 10.6 Å². The van der Waals surface area contributed by atoms with E-state index in [9.17, 15) is 9.59 Å². The maximum absolute atomic E-state index is 15.6. The average molecular weight is 663 g/mol. The van der Waals surface area contributed by atoms with Crippen molar-refractivity contribution < 1.29 is 35.9 Å². The molecule has 2 aromatic rings. The lowest BCUT2D eigenvalue weighted by Gasteiger charge is -2.47. The largest absolute Gasteiger partial charge is 0.380 e. The summed E-state index contributed by atoms with van der Waals surface area (Å²) in [6.45, 7) is 6.36. The Hall–Kier alpha value is -3.38. The zero-order chi connectivity index (χ0) is 32.7. The summed E-state index contributed by atoms with van der Waals surface area (Å²) in [5, 5.41) is 5.56. The first-order valence-electron chi connectivity index (χ1n) is 14.1. The van der Waals surface area contributed by atoms with E-state index in [1.165, 1.54) is 13.8 Å². The first-order chi connectivity index (χ1) is 21.0. The number of alkyl halides is 6. The molecule has 45 heavy (non-hydrogen) atoms. The van der Waals surface area contributed by atoms with Crippen LogP contribution in [0.2, 0.25) is 0 Å². The molecule has 4 aliphatic rings. The van der Waals surface area contributed by atoms with E-state index in [0.717, 1.165) is 46.8 Å². The molecule has 0 saturated heterocycles. The van der Waals surface area contributed by atoms with Crippen molar-refractivity contribution in [1.29, 1.82) is 0 Å². The summed E-state index contributed by atoms with van der Waals surface area (Å²) in [7, 11) is 0. The van der Waals surface area contributed by atoms with Crippen LogP contribution in [0.4, 0.5) is 26.3 Å². The topological polar surface area (TPSA) is 58.2 Å². The molecular weight excluding hydrogens is 634 g/mol. The maximum atomic E-state index is 15.6. The molecule has 12 heteroatoms. The molecule has 2 aromatic carbocycles. The number of thioether (sulfide) groups is 2. The minimum absolute atomic E-state index is 0.0878. The second-order valence-corrected chi connectivity index (χ2v) is 14.7. The molecule has 0 spiro atoms. The molecule has 2 amide bonds. The molecule has 6 rings (SSSR count). The summed E-state index contributed by atoms with van der Waals surface area (Å²) in [4.78, 5) is 26.7. The Morgan fingerprint density at radius 2 is 0.956 bits per heavy atom. The molecule has 2 aliphatic heterocycles. The van der Waals surface area contributed by atoms with Crippen molar-refractivity contribution >= 4 is 35.3 Å². The predicted octanol–water partition coefficient (Wildman–Crippen LogP) is 8.05. The van der Waals surface area contributed by atoms with E-state index < -0.39 is 73.5 Å². The van der Waals surface area contributed by atoms with Gasteiger partial charge in [-0.05, 0) is 62.1 Å². The van der Waals surface area contributed by atoms with Crippen molar-refractivity contribution in [3.8, 4) is 0 Å². The molecule has 0 unspecified atom stereocenters. The van der Waals surface area contributed by atoms with Crippen molar-refractivity contribution in [2.24, 2.45) is 0 Å². The van der Waals surface area contributed by atoms with Gasteiger partial charge in [0.25, 0.3) is 11.8 Å². The number of rotatable bonds is 6. The van der Waals surface area contributed by atoms with Crippen LogP contribution in [0.1, 0.15) is 50.9 Å². The molecule has 4 nitrogen and oxygen atoms in total. The Morgan fingerprint density at radius 3 is 1.29 bits per heavy atom. The molecular formula is C33H28F6N2O2S2.